The van der Waals surface area contributed by atoms with E-state index in [1.54, 1.807) is 17.9 Å². The molecule has 1 amide bonds. The second-order valence-corrected chi connectivity index (χ2v) is 6.32. The fraction of sp³-hybridized carbons (Fsp3) is 0.417. The van der Waals surface area contributed by atoms with Gasteiger partial charge >= 0.3 is 0 Å². The number of benzene rings is 1. The lowest BCUT2D eigenvalue weighted by molar-refractivity contribution is -0.129. The van der Waals surface area contributed by atoms with Crippen molar-refractivity contribution < 1.29 is 13.2 Å². The number of primary sulfonamides is 1. The van der Waals surface area contributed by atoms with Gasteiger partial charge in [-0.1, -0.05) is 0 Å². The molecule has 1 fully saturated rings. The highest BCUT2D eigenvalue weighted by molar-refractivity contribution is 7.89. The van der Waals surface area contributed by atoms with Crippen molar-refractivity contribution in [1.82, 2.24) is 4.90 Å². The quantitative estimate of drug-likeness (QED) is 0.721. The van der Waals surface area contributed by atoms with Crippen LogP contribution in [0.2, 0.25) is 0 Å². The Morgan fingerprint density at radius 3 is 2.25 bits per heavy atom. The highest BCUT2D eigenvalue weighted by Crippen LogP contribution is 2.26. The zero-order valence-electron chi connectivity index (χ0n) is 11.2. The number of carbonyl (C=O) groups excluding carboxylic acids is 1. The molecule has 4 N–H and O–H groups in total. The van der Waals surface area contributed by atoms with Crippen LogP contribution in [0.15, 0.2) is 23.1 Å². The predicted molar refractivity (Wildman–Crippen MR) is 76.7 cm³/mol. The van der Waals surface area contributed by atoms with Gasteiger partial charge in [0, 0.05) is 33.1 Å². The van der Waals surface area contributed by atoms with E-state index in [9.17, 15) is 13.2 Å². The third-order valence-corrected chi connectivity index (χ3v) is 4.30. The molecule has 1 aromatic carbocycles. The van der Waals surface area contributed by atoms with Crippen molar-refractivity contribution in [3.05, 3.63) is 18.2 Å². The van der Waals surface area contributed by atoms with E-state index in [1.807, 2.05) is 4.90 Å². The van der Waals surface area contributed by atoms with E-state index in [4.69, 9.17) is 10.9 Å². The summed E-state index contributed by atoms with van der Waals surface area (Å²) in [6, 6.07) is 4.46. The molecule has 110 valence electrons. The largest absolute Gasteiger partial charge is 0.397 e. The Labute approximate surface area is 118 Å². The minimum Gasteiger partial charge on any atom is -0.397 e. The smallest absolute Gasteiger partial charge is 0.238 e. The molecule has 0 aliphatic carbocycles. The Morgan fingerprint density at radius 1 is 1.20 bits per heavy atom. The zero-order valence-corrected chi connectivity index (χ0v) is 12.1. The normalized spacial score (nSPS) is 16.3. The number of rotatable bonds is 2. The number of nitrogen functional groups attached to an aromatic ring is 1. The second-order valence-electron chi connectivity index (χ2n) is 4.76. The number of hydrogen-bond donors (Lipinski definition) is 2. The van der Waals surface area contributed by atoms with Crippen LogP contribution in [0.4, 0.5) is 11.4 Å². The van der Waals surface area contributed by atoms with Crippen LogP contribution in [0.1, 0.15) is 6.92 Å². The number of hydrogen-bond acceptors (Lipinski definition) is 5. The Bertz CT molecular complexity index is 622. The Balaban J connectivity index is 2.17. The van der Waals surface area contributed by atoms with Gasteiger partial charge in [-0.2, -0.15) is 0 Å². The van der Waals surface area contributed by atoms with Gasteiger partial charge in [0.25, 0.3) is 0 Å². The first-order valence-electron chi connectivity index (χ1n) is 6.22. The zero-order chi connectivity index (χ0) is 14.9. The minimum absolute atomic E-state index is 0.00104. The van der Waals surface area contributed by atoms with Crippen molar-refractivity contribution in [2.45, 2.75) is 11.8 Å². The molecule has 0 unspecified atom stereocenters. The third-order valence-electron chi connectivity index (χ3n) is 3.39. The van der Waals surface area contributed by atoms with E-state index in [0.29, 0.717) is 31.9 Å². The van der Waals surface area contributed by atoms with Crippen LogP contribution < -0.4 is 15.8 Å². The molecule has 0 radical (unpaired) electrons. The van der Waals surface area contributed by atoms with Gasteiger partial charge in [0.15, 0.2) is 0 Å². The molecule has 8 heteroatoms. The van der Waals surface area contributed by atoms with Gasteiger partial charge in [0.05, 0.1) is 16.3 Å². The van der Waals surface area contributed by atoms with Crippen LogP contribution in [0, 0.1) is 0 Å². The molecule has 20 heavy (non-hydrogen) atoms. The molecule has 0 aromatic heterocycles. The van der Waals surface area contributed by atoms with Gasteiger partial charge in [-0.05, 0) is 18.2 Å². The maximum absolute atomic E-state index is 11.3. The van der Waals surface area contributed by atoms with Crippen LogP contribution in [0.3, 0.4) is 0 Å². The summed E-state index contributed by atoms with van der Waals surface area (Å²) in [5, 5.41) is 5.06. The fourth-order valence-corrected chi connectivity index (χ4v) is 2.81. The van der Waals surface area contributed by atoms with Crippen molar-refractivity contribution in [1.29, 1.82) is 0 Å². The number of piperazine rings is 1. The van der Waals surface area contributed by atoms with Gasteiger partial charge in [-0.25, -0.2) is 13.6 Å². The second kappa shape index (κ2) is 5.29. The van der Waals surface area contributed by atoms with Gasteiger partial charge in [-0.3, -0.25) is 4.79 Å². The summed E-state index contributed by atoms with van der Waals surface area (Å²) < 4.78 is 22.5. The Kier molecular flexibility index (Phi) is 3.87. The Morgan fingerprint density at radius 2 is 1.80 bits per heavy atom. The highest BCUT2D eigenvalue weighted by atomic mass is 32.2. The van der Waals surface area contributed by atoms with Gasteiger partial charge < -0.3 is 15.5 Å². The molecule has 2 rings (SSSR count). The Hall–Kier alpha value is -1.80. The van der Waals surface area contributed by atoms with Crippen molar-refractivity contribution in [3.8, 4) is 0 Å². The van der Waals surface area contributed by atoms with Crippen LogP contribution in [0.25, 0.3) is 0 Å². The molecule has 1 aliphatic heterocycles. The molecular formula is C12H18N4O3S. The average molecular weight is 298 g/mol. The first-order valence-corrected chi connectivity index (χ1v) is 7.76. The summed E-state index contributed by atoms with van der Waals surface area (Å²) in [4.78, 5) is 15.1. The molecule has 1 aliphatic rings. The lowest BCUT2D eigenvalue weighted by Crippen LogP contribution is -2.48. The van der Waals surface area contributed by atoms with Crippen LogP contribution in [0.5, 0.6) is 0 Å². The van der Waals surface area contributed by atoms with Gasteiger partial charge in [0.1, 0.15) is 0 Å². The molecule has 0 atom stereocenters. The van der Waals surface area contributed by atoms with E-state index >= 15 is 0 Å². The SMILES string of the molecule is CC(=O)N1CCN(c2ccc(S(N)(=O)=O)cc2N)CC1. The van der Waals surface area contributed by atoms with Gasteiger partial charge in [0.2, 0.25) is 15.9 Å². The predicted octanol–water partition coefficient (Wildman–Crippen LogP) is -0.415. The molecule has 7 nitrogen and oxygen atoms in total. The van der Waals surface area contributed by atoms with Gasteiger partial charge in [-0.15, -0.1) is 0 Å². The average Bonchev–Trinajstić information content (AvgIpc) is 2.37. The van der Waals surface area contributed by atoms with Crippen LogP contribution in [-0.4, -0.2) is 45.4 Å². The lowest BCUT2D eigenvalue weighted by atomic mass is 10.2. The summed E-state index contributed by atoms with van der Waals surface area (Å²) in [6.45, 7) is 4.14. The topological polar surface area (TPSA) is 110 Å². The third kappa shape index (κ3) is 3.02. The summed E-state index contributed by atoms with van der Waals surface area (Å²) in [5.41, 5.74) is 7.03. The van der Waals surface area contributed by atoms with Crippen LogP contribution in [-0.2, 0) is 14.8 Å². The summed E-state index contributed by atoms with van der Waals surface area (Å²) in [7, 11) is -3.74. The number of amides is 1. The van der Waals surface area contributed by atoms with Crippen LogP contribution >= 0.6 is 0 Å². The molecule has 0 spiro atoms. The maximum Gasteiger partial charge on any atom is 0.238 e. The monoisotopic (exact) mass is 298 g/mol. The molecule has 1 saturated heterocycles. The van der Waals surface area contributed by atoms with Crippen molar-refractivity contribution in [3.63, 3.8) is 0 Å². The number of nitrogens with zero attached hydrogens (tertiary/aromatic N) is 2. The summed E-state index contributed by atoms with van der Waals surface area (Å²) >= 11 is 0. The van der Waals surface area contributed by atoms with Crippen molar-refractivity contribution >= 4 is 27.3 Å². The minimum atomic E-state index is -3.74. The van der Waals surface area contributed by atoms with Crippen molar-refractivity contribution in [2.24, 2.45) is 5.14 Å². The first kappa shape index (κ1) is 14.6. The summed E-state index contributed by atoms with van der Waals surface area (Å²) in [5.74, 6) is 0.0576. The molecular weight excluding hydrogens is 280 g/mol. The van der Waals surface area contributed by atoms with E-state index in [-0.39, 0.29) is 10.8 Å². The summed E-state index contributed by atoms with van der Waals surface area (Å²) in [6.07, 6.45) is 0. The number of carbonyl (C=O) groups is 1. The number of sulfonamides is 1. The lowest BCUT2D eigenvalue weighted by Gasteiger charge is -2.36. The number of nitrogens with two attached hydrogens (primary N) is 2. The molecule has 1 heterocycles. The van der Waals surface area contributed by atoms with E-state index in [1.165, 1.54) is 12.1 Å². The van der Waals surface area contributed by atoms with E-state index in [2.05, 4.69) is 0 Å². The number of anilines is 2. The first-order chi connectivity index (χ1) is 9.29. The fourth-order valence-electron chi connectivity index (χ4n) is 2.26. The van der Waals surface area contributed by atoms with E-state index < -0.39 is 10.0 Å². The molecule has 0 bridgehead atoms. The van der Waals surface area contributed by atoms with E-state index in [0.717, 1.165) is 5.69 Å². The van der Waals surface area contributed by atoms with Crippen molar-refractivity contribution in [2.75, 3.05) is 36.8 Å². The maximum atomic E-state index is 11.3. The standard InChI is InChI=1S/C12H18N4O3S/c1-9(17)15-4-6-16(7-5-15)12-3-2-10(8-11(12)13)20(14,18)19/h2-3,8H,4-7,13H2,1H3,(H2,14,18,19). The molecule has 0 saturated carbocycles. The molecule has 1 aromatic rings. The highest BCUT2D eigenvalue weighted by Gasteiger charge is 2.21.